The summed E-state index contributed by atoms with van der Waals surface area (Å²) in [5.41, 5.74) is 1.06. The van der Waals surface area contributed by atoms with Gasteiger partial charge in [0.15, 0.2) is 0 Å². The molecule has 1 rings (SSSR count). The van der Waals surface area contributed by atoms with Crippen LogP contribution in [0, 0.1) is 5.82 Å². The Kier molecular flexibility index (Phi) is 5.26. The number of benzene rings is 1. The van der Waals surface area contributed by atoms with Crippen LogP contribution in [0.4, 0.5) is 10.1 Å². The molecule has 0 saturated carbocycles. The minimum absolute atomic E-state index is 0.182. The molecule has 0 aliphatic carbocycles. The van der Waals surface area contributed by atoms with Crippen molar-refractivity contribution in [3.05, 3.63) is 30.1 Å². The van der Waals surface area contributed by atoms with Crippen LogP contribution in [0.3, 0.4) is 0 Å². The van der Waals surface area contributed by atoms with E-state index in [0.717, 1.165) is 25.2 Å². The van der Waals surface area contributed by atoms with Crippen LogP contribution in [0.2, 0.25) is 0 Å². The van der Waals surface area contributed by atoms with Crippen molar-refractivity contribution >= 4 is 5.69 Å². The summed E-state index contributed by atoms with van der Waals surface area (Å²) in [6, 6.07) is 7.16. The topological polar surface area (TPSA) is 15.3 Å². The summed E-state index contributed by atoms with van der Waals surface area (Å²) in [7, 11) is 2.03. The second-order valence-corrected chi connectivity index (χ2v) is 4.36. The van der Waals surface area contributed by atoms with E-state index in [9.17, 15) is 4.39 Å². The molecule has 0 amide bonds. The summed E-state index contributed by atoms with van der Waals surface area (Å²) in [5.74, 6) is -0.182. The summed E-state index contributed by atoms with van der Waals surface area (Å²) in [5, 5.41) is 3.37. The predicted octanol–water partition coefficient (Wildman–Crippen LogP) is 2.65. The lowest BCUT2D eigenvalue weighted by atomic mass is 10.2. The number of nitrogens with zero attached hydrogens (tertiary/aromatic N) is 1. The van der Waals surface area contributed by atoms with E-state index in [0.29, 0.717) is 6.04 Å². The maximum absolute atomic E-state index is 12.7. The molecule has 16 heavy (non-hydrogen) atoms. The normalized spacial score (nSPS) is 10.8. The molecule has 0 radical (unpaired) electrons. The van der Waals surface area contributed by atoms with Gasteiger partial charge in [-0.1, -0.05) is 13.8 Å². The van der Waals surface area contributed by atoms with Gasteiger partial charge in [0.1, 0.15) is 5.82 Å². The Labute approximate surface area is 97.5 Å². The SMILES string of the molecule is CC(C)NCCCN(C)c1ccc(F)cc1. The average molecular weight is 224 g/mol. The highest BCUT2D eigenvalue weighted by Crippen LogP contribution is 2.12. The Hall–Kier alpha value is -1.09. The van der Waals surface area contributed by atoms with Crippen LogP contribution in [0.5, 0.6) is 0 Å². The van der Waals surface area contributed by atoms with Crippen LogP contribution in [0.1, 0.15) is 20.3 Å². The molecule has 2 nitrogen and oxygen atoms in total. The van der Waals surface area contributed by atoms with Gasteiger partial charge in [0.05, 0.1) is 0 Å². The molecule has 0 bridgehead atoms. The summed E-state index contributed by atoms with van der Waals surface area (Å²) in [6.45, 7) is 6.28. The highest BCUT2D eigenvalue weighted by atomic mass is 19.1. The van der Waals surface area contributed by atoms with E-state index >= 15 is 0 Å². The van der Waals surface area contributed by atoms with Crippen LogP contribution >= 0.6 is 0 Å². The van der Waals surface area contributed by atoms with Gasteiger partial charge in [-0.2, -0.15) is 0 Å². The standard InChI is InChI=1S/C13H21FN2/c1-11(2)15-9-4-10-16(3)13-7-5-12(14)6-8-13/h5-8,11,15H,4,9-10H2,1-3H3. The molecular formula is C13H21FN2. The first kappa shape index (κ1) is 13.0. The third kappa shape index (κ3) is 4.62. The van der Waals surface area contributed by atoms with Crippen molar-refractivity contribution in [3.8, 4) is 0 Å². The van der Waals surface area contributed by atoms with E-state index < -0.39 is 0 Å². The van der Waals surface area contributed by atoms with E-state index in [-0.39, 0.29) is 5.82 Å². The average Bonchev–Trinajstić information content (AvgIpc) is 2.25. The Morgan fingerprint density at radius 1 is 1.25 bits per heavy atom. The van der Waals surface area contributed by atoms with Gasteiger partial charge in [0.25, 0.3) is 0 Å². The van der Waals surface area contributed by atoms with Crippen LogP contribution in [-0.4, -0.2) is 26.2 Å². The fourth-order valence-electron chi connectivity index (χ4n) is 1.53. The number of halogens is 1. The van der Waals surface area contributed by atoms with Gasteiger partial charge in [0.2, 0.25) is 0 Å². The number of nitrogens with one attached hydrogen (secondary N) is 1. The molecule has 0 aliphatic heterocycles. The van der Waals surface area contributed by atoms with Crippen molar-refractivity contribution in [2.75, 3.05) is 25.0 Å². The predicted molar refractivity (Wildman–Crippen MR) is 67.4 cm³/mol. The molecule has 1 aromatic carbocycles. The lowest BCUT2D eigenvalue weighted by molar-refractivity contribution is 0.570. The molecule has 1 aromatic rings. The van der Waals surface area contributed by atoms with Crippen LogP contribution in [0.25, 0.3) is 0 Å². The van der Waals surface area contributed by atoms with Gasteiger partial charge >= 0.3 is 0 Å². The lowest BCUT2D eigenvalue weighted by Crippen LogP contribution is -2.27. The molecule has 0 aliphatic rings. The molecule has 0 aromatic heterocycles. The zero-order chi connectivity index (χ0) is 12.0. The molecule has 0 unspecified atom stereocenters. The molecule has 0 spiro atoms. The van der Waals surface area contributed by atoms with Crippen molar-refractivity contribution in [2.24, 2.45) is 0 Å². The third-order valence-corrected chi connectivity index (χ3v) is 2.49. The Morgan fingerprint density at radius 3 is 2.44 bits per heavy atom. The highest BCUT2D eigenvalue weighted by Gasteiger charge is 2.00. The first-order valence-electron chi connectivity index (χ1n) is 5.79. The number of hydrogen-bond acceptors (Lipinski definition) is 2. The van der Waals surface area contributed by atoms with Crippen LogP contribution in [-0.2, 0) is 0 Å². The quantitative estimate of drug-likeness (QED) is 0.747. The monoisotopic (exact) mass is 224 g/mol. The lowest BCUT2D eigenvalue weighted by Gasteiger charge is -2.19. The third-order valence-electron chi connectivity index (χ3n) is 2.49. The van der Waals surface area contributed by atoms with Crippen molar-refractivity contribution in [1.82, 2.24) is 5.32 Å². The molecular weight excluding hydrogens is 203 g/mol. The van der Waals surface area contributed by atoms with Crippen molar-refractivity contribution in [1.29, 1.82) is 0 Å². The van der Waals surface area contributed by atoms with E-state index in [1.807, 2.05) is 19.2 Å². The number of rotatable bonds is 6. The van der Waals surface area contributed by atoms with Gasteiger partial charge in [-0.25, -0.2) is 4.39 Å². The molecule has 0 saturated heterocycles. The maximum atomic E-state index is 12.7. The Morgan fingerprint density at radius 2 is 1.88 bits per heavy atom. The molecule has 3 heteroatoms. The molecule has 0 heterocycles. The van der Waals surface area contributed by atoms with Gasteiger partial charge in [-0.05, 0) is 37.2 Å². The second kappa shape index (κ2) is 6.48. The van der Waals surface area contributed by atoms with E-state index in [1.165, 1.54) is 12.1 Å². The molecule has 0 atom stereocenters. The second-order valence-electron chi connectivity index (χ2n) is 4.36. The molecule has 0 fully saturated rings. The number of anilines is 1. The summed E-state index contributed by atoms with van der Waals surface area (Å²) >= 11 is 0. The van der Waals surface area contributed by atoms with Crippen molar-refractivity contribution < 1.29 is 4.39 Å². The van der Waals surface area contributed by atoms with Crippen LogP contribution < -0.4 is 10.2 Å². The number of hydrogen-bond donors (Lipinski definition) is 1. The van der Waals surface area contributed by atoms with E-state index in [4.69, 9.17) is 0 Å². The van der Waals surface area contributed by atoms with Gasteiger partial charge in [-0.15, -0.1) is 0 Å². The minimum atomic E-state index is -0.182. The largest absolute Gasteiger partial charge is 0.375 e. The van der Waals surface area contributed by atoms with Crippen molar-refractivity contribution in [2.45, 2.75) is 26.3 Å². The first-order chi connectivity index (χ1) is 7.59. The molecule has 1 N–H and O–H groups in total. The van der Waals surface area contributed by atoms with Crippen molar-refractivity contribution in [3.63, 3.8) is 0 Å². The first-order valence-corrected chi connectivity index (χ1v) is 5.79. The summed E-state index contributed by atoms with van der Waals surface area (Å²) in [6.07, 6.45) is 1.09. The smallest absolute Gasteiger partial charge is 0.123 e. The summed E-state index contributed by atoms with van der Waals surface area (Å²) in [4.78, 5) is 2.14. The highest BCUT2D eigenvalue weighted by molar-refractivity contribution is 5.45. The van der Waals surface area contributed by atoms with Gasteiger partial charge < -0.3 is 10.2 Å². The fourth-order valence-corrected chi connectivity index (χ4v) is 1.53. The fraction of sp³-hybridized carbons (Fsp3) is 0.538. The van der Waals surface area contributed by atoms with Gasteiger partial charge in [0, 0.05) is 25.3 Å². The van der Waals surface area contributed by atoms with Gasteiger partial charge in [-0.3, -0.25) is 0 Å². The van der Waals surface area contributed by atoms with Crippen LogP contribution in [0.15, 0.2) is 24.3 Å². The zero-order valence-electron chi connectivity index (χ0n) is 10.3. The van der Waals surface area contributed by atoms with E-state index in [2.05, 4.69) is 24.1 Å². The maximum Gasteiger partial charge on any atom is 0.123 e. The minimum Gasteiger partial charge on any atom is -0.375 e. The molecule has 90 valence electrons. The zero-order valence-corrected chi connectivity index (χ0v) is 10.3. The Bertz CT molecular complexity index is 295. The van der Waals surface area contributed by atoms with E-state index in [1.54, 1.807) is 0 Å². The summed E-state index contributed by atoms with van der Waals surface area (Å²) < 4.78 is 12.7. The Balaban J connectivity index is 2.29.